The van der Waals surface area contributed by atoms with Gasteiger partial charge in [0.2, 0.25) is 5.91 Å². The highest BCUT2D eigenvalue weighted by atomic mass is 16.5. The van der Waals surface area contributed by atoms with Crippen LogP contribution in [0.15, 0.2) is 52.1 Å². The minimum absolute atomic E-state index is 0.0204. The largest absolute Gasteiger partial charge is 0.383 e. The van der Waals surface area contributed by atoms with Gasteiger partial charge >= 0.3 is 5.69 Å². The van der Waals surface area contributed by atoms with Crippen molar-refractivity contribution in [2.45, 2.75) is 26.3 Å². The predicted octanol–water partition coefficient (Wildman–Crippen LogP) is 1.90. The van der Waals surface area contributed by atoms with Crippen LogP contribution >= 0.6 is 0 Å². The Morgan fingerprint density at radius 1 is 1.17 bits per heavy atom. The summed E-state index contributed by atoms with van der Waals surface area (Å²) in [6.45, 7) is 2.58. The number of benzene rings is 2. The molecule has 0 bridgehead atoms. The summed E-state index contributed by atoms with van der Waals surface area (Å²) in [7, 11) is 1.51. The van der Waals surface area contributed by atoms with Gasteiger partial charge in [-0.05, 0) is 22.8 Å². The van der Waals surface area contributed by atoms with Crippen LogP contribution in [-0.4, -0.2) is 35.7 Å². The SMILES string of the molecule is CCCn1c(N)c(N(CCOC)C(=O)Cc2cccc3ccccc23)c(=O)[nH]c1=O. The molecule has 0 aliphatic rings. The molecule has 3 aromatic rings. The minimum atomic E-state index is -0.688. The number of carbonyl (C=O) groups is 1. The number of anilines is 2. The second kappa shape index (κ2) is 9.41. The van der Waals surface area contributed by atoms with Crippen LogP contribution in [0.5, 0.6) is 0 Å². The Bertz CT molecular complexity index is 1160. The van der Waals surface area contributed by atoms with Crippen LogP contribution < -0.4 is 21.9 Å². The Hall–Kier alpha value is -3.39. The van der Waals surface area contributed by atoms with E-state index in [2.05, 4.69) is 4.98 Å². The molecule has 0 radical (unpaired) electrons. The molecule has 2 aromatic carbocycles. The molecule has 0 atom stereocenters. The number of carbonyl (C=O) groups excluding carboxylic acids is 1. The van der Waals surface area contributed by atoms with Crippen molar-refractivity contribution in [2.75, 3.05) is 30.9 Å². The van der Waals surface area contributed by atoms with Gasteiger partial charge in [-0.3, -0.25) is 19.1 Å². The molecule has 8 heteroatoms. The quantitative estimate of drug-likeness (QED) is 0.589. The van der Waals surface area contributed by atoms with Crippen molar-refractivity contribution >= 4 is 28.2 Å². The number of amides is 1. The molecule has 1 aromatic heterocycles. The van der Waals surface area contributed by atoms with Crippen molar-refractivity contribution in [1.82, 2.24) is 9.55 Å². The second-order valence-electron chi connectivity index (χ2n) is 7.00. The molecule has 0 unspecified atom stereocenters. The van der Waals surface area contributed by atoms with E-state index in [1.807, 2.05) is 49.4 Å². The van der Waals surface area contributed by atoms with Crippen molar-refractivity contribution in [3.63, 3.8) is 0 Å². The van der Waals surface area contributed by atoms with Gasteiger partial charge in [0.25, 0.3) is 5.56 Å². The Morgan fingerprint density at radius 3 is 2.63 bits per heavy atom. The highest BCUT2D eigenvalue weighted by molar-refractivity contribution is 5.99. The Labute approximate surface area is 173 Å². The number of methoxy groups -OCH3 is 1. The van der Waals surface area contributed by atoms with Gasteiger partial charge in [0.05, 0.1) is 13.0 Å². The standard InChI is InChI=1S/C22H26N4O4/c1-3-11-26-20(23)19(21(28)24-22(26)29)25(12-13-30-2)18(27)14-16-9-6-8-15-7-4-5-10-17(15)16/h4-10H,3,11-14,23H2,1-2H3,(H,24,28,29). The molecule has 3 N–H and O–H groups in total. The summed E-state index contributed by atoms with van der Waals surface area (Å²) < 4.78 is 6.41. The molecule has 0 aliphatic heterocycles. The number of rotatable bonds is 8. The fourth-order valence-corrected chi connectivity index (χ4v) is 3.53. The summed E-state index contributed by atoms with van der Waals surface area (Å²) in [5.41, 5.74) is 5.72. The number of hydrogen-bond acceptors (Lipinski definition) is 5. The van der Waals surface area contributed by atoms with E-state index in [1.165, 1.54) is 16.6 Å². The molecule has 30 heavy (non-hydrogen) atoms. The average Bonchev–Trinajstić information content (AvgIpc) is 2.73. The van der Waals surface area contributed by atoms with Gasteiger partial charge in [-0.15, -0.1) is 0 Å². The van der Waals surface area contributed by atoms with Gasteiger partial charge in [-0.2, -0.15) is 0 Å². The first-order valence-electron chi connectivity index (χ1n) is 9.86. The first kappa shape index (κ1) is 21.3. The van der Waals surface area contributed by atoms with Gasteiger partial charge in [0.15, 0.2) is 5.69 Å². The Morgan fingerprint density at radius 2 is 1.90 bits per heavy atom. The smallest absolute Gasteiger partial charge is 0.330 e. The summed E-state index contributed by atoms with van der Waals surface area (Å²) in [6.07, 6.45) is 0.731. The zero-order valence-electron chi connectivity index (χ0n) is 17.2. The number of ether oxygens (including phenoxy) is 1. The summed E-state index contributed by atoms with van der Waals surface area (Å²) in [5.74, 6) is -0.324. The fraction of sp³-hybridized carbons (Fsp3) is 0.318. The molecule has 158 valence electrons. The number of nitrogen functional groups attached to an aromatic ring is 1. The van der Waals surface area contributed by atoms with Crippen LogP contribution in [0.4, 0.5) is 11.5 Å². The molecule has 8 nitrogen and oxygen atoms in total. The number of nitrogens with zero attached hydrogens (tertiary/aromatic N) is 2. The summed E-state index contributed by atoms with van der Waals surface area (Å²) >= 11 is 0. The third kappa shape index (κ3) is 4.28. The molecule has 0 aliphatic carbocycles. The number of nitrogens with two attached hydrogens (primary N) is 1. The fourth-order valence-electron chi connectivity index (χ4n) is 3.53. The van der Waals surface area contributed by atoms with Gasteiger partial charge in [-0.1, -0.05) is 49.4 Å². The number of H-pyrrole nitrogens is 1. The van der Waals surface area contributed by atoms with Crippen LogP contribution in [0.25, 0.3) is 10.8 Å². The maximum atomic E-state index is 13.3. The predicted molar refractivity (Wildman–Crippen MR) is 118 cm³/mol. The summed E-state index contributed by atoms with van der Waals surface area (Å²) in [5, 5.41) is 2.00. The van der Waals surface area contributed by atoms with E-state index in [9.17, 15) is 14.4 Å². The van der Waals surface area contributed by atoms with E-state index in [1.54, 1.807) is 0 Å². The van der Waals surface area contributed by atoms with Crippen LogP contribution in [0, 0.1) is 0 Å². The maximum absolute atomic E-state index is 13.3. The average molecular weight is 410 g/mol. The van der Waals surface area contributed by atoms with E-state index in [-0.39, 0.29) is 37.0 Å². The van der Waals surface area contributed by atoms with Gasteiger partial charge in [0, 0.05) is 20.2 Å². The van der Waals surface area contributed by atoms with Gasteiger partial charge in [-0.25, -0.2) is 4.79 Å². The molecule has 1 amide bonds. The first-order valence-corrected chi connectivity index (χ1v) is 9.86. The van der Waals surface area contributed by atoms with Gasteiger partial charge < -0.3 is 15.4 Å². The van der Waals surface area contributed by atoms with Crippen LogP contribution in [0.3, 0.4) is 0 Å². The normalized spacial score (nSPS) is 11.0. The third-order valence-corrected chi connectivity index (χ3v) is 4.97. The molecular formula is C22H26N4O4. The molecular weight excluding hydrogens is 384 g/mol. The Kier molecular flexibility index (Phi) is 6.68. The van der Waals surface area contributed by atoms with Crippen molar-refractivity contribution < 1.29 is 9.53 Å². The lowest BCUT2D eigenvalue weighted by molar-refractivity contribution is -0.118. The maximum Gasteiger partial charge on any atom is 0.330 e. The monoisotopic (exact) mass is 410 g/mol. The lowest BCUT2D eigenvalue weighted by Gasteiger charge is -2.24. The van der Waals surface area contributed by atoms with Crippen LogP contribution in [-0.2, 0) is 22.5 Å². The molecule has 0 saturated heterocycles. The van der Waals surface area contributed by atoms with Crippen molar-refractivity contribution in [3.8, 4) is 0 Å². The molecule has 0 saturated carbocycles. The lowest BCUT2D eigenvalue weighted by atomic mass is 10.0. The van der Waals surface area contributed by atoms with E-state index in [4.69, 9.17) is 10.5 Å². The Balaban J connectivity index is 2.04. The number of hydrogen-bond donors (Lipinski definition) is 2. The highest BCUT2D eigenvalue weighted by Crippen LogP contribution is 2.22. The van der Waals surface area contributed by atoms with E-state index < -0.39 is 11.2 Å². The van der Waals surface area contributed by atoms with Gasteiger partial charge in [0.1, 0.15) is 5.82 Å². The molecule has 3 rings (SSSR count). The van der Waals surface area contributed by atoms with Crippen molar-refractivity contribution in [1.29, 1.82) is 0 Å². The minimum Gasteiger partial charge on any atom is -0.383 e. The zero-order chi connectivity index (χ0) is 21.7. The van der Waals surface area contributed by atoms with Crippen molar-refractivity contribution in [2.24, 2.45) is 0 Å². The molecule has 0 fully saturated rings. The van der Waals surface area contributed by atoms with E-state index in [0.29, 0.717) is 13.0 Å². The second-order valence-corrected chi connectivity index (χ2v) is 7.00. The van der Waals surface area contributed by atoms with Crippen LogP contribution in [0.2, 0.25) is 0 Å². The van der Waals surface area contributed by atoms with Crippen molar-refractivity contribution in [3.05, 3.63) is 68.9 Å². The van der Waals surface area contributed by atoms with Crippen LogP contribution in [0.1, 0.15) is 18.9 Å². The van der Waals surface area contributed by atoms with E-state index in [0.717, 1.165) is 16.3 Å². The lowest BCUT2D eigenvalue weighted by Crippen LogP contribution is -2.43. The number of aromatic amines is 1. The first-order chi connectivity index (χ1) is 14.5. The summed E-state index contributed by atoms with van der Waals surface area (Å²) in [4.78, 5) is 41.6. The third-order valence-electron chi connectivity index (χ3n) is 4.97. The number of nitrogens with one attached hydrogen (secondary N) is 1. The zero-order valence-corrected chi connectivity index (χ0v) is 17.2. The summed E-state index contributed by atoms with van der Waals surface area (Å²) in [6, 6.07) is 13.6. The topological polar surface area (TPSA) is 110 Å². The highest BCUT2D eigenvalue weighted by Gasteiger charge is 2.24. The molecule has 1 heterocycles. The van der Waals surface area contributed by atoms with E-state index >= 15 is 0 Å². The number of fused-ring (bicyclic) bond motifs is 1. The number of aromatic nitrogens is 2. The molecule has 0 spiro atoms.